The van der Waals surface area contributed by atoms with Crippen LogP contribution in [0.5, 0.6) is 0 Å². The number of nitrogens with one attached hydrogen (secondary N) is 2. The Bertz CT molecular complexity index is 567. The number of halogens is 1. The van der Waals surface area contributed by atoms with E-state index in [1.807, 2.05) is 25.1 Å². The number of carbonyl (C=O) groups excluding carboxylic acids is 1. The van der Waals surface area contributed by atoms with Gasteiger partial charge in [-0.3, -0.25) is 4.79 Å². The summed E-state index contributed by atoms with van der Waals surface area (Å²) in [5.74, 6) is 0.0567. The molecular weight excluding hydrogens is 274 g/mol. The van der Waals surface area contributed by atoms with Crippen molar-refractivity contribution in [1.82, 2.24) is 15.3 Å². The highest BCUT2D eigenvalue weighted by atomic mass is 35.5. The number of nitrogens with zero attached hydrogens (tertiary/aromatic N) is 1. The van der Waals surface area contributed by atoms with Crippen molar-refractivity contribution < 1.29 is 4.79 Å². The van der Waals surface area contributed by atoms with E-state index in [2.05, 4.69) is 15.3 Å². The van der Waals surface area contributed by atoms with Crippen LogP contribution in [0.2, 0.25) is 5.02 Å². The van der Waals surface area contributed by atoms with Gasteiger partial charge in [0.2, 0.25) is 5.91 Å². The molecule has 106 valence electrons. The summed E-state index contributed by atoms with van der Waals surface area (Å²) in [6.07, 6.45) is 5.35. The van der Waals surface area contributed by atoms with Crippen LogP contribution in [0.1, 0.15) is 23.2 Å². The summed E-state index contributed by atoms with van der Waals surface area (Å²) in [6, 6.07) is 5.92. The van der Waals surface area contributed by atoms with Crippen LogP contribution in [0, 0.1) is 6.92 Å². The van der Waals surface area contributed by atoms with Crippen LogP contribution in [0.15, 0.2) is 30.7 Å². The molecule has 2 aromatic rings. The highest BCUT2D eigenvalue weighted by molar-refractivity contribution is 6.31. The number of amides is 1. The molecule has 0 aliphatic rings. The molecule has 0 saturated carbocycles. The van der Waals surface area contributed by atoms with Crippen LogP contribution in [-0.4, -0.2) is 22.4 Å². The summed E-state index contributed by atoms with van der Waals surface area (Å²) in [5.41, 5.74) is 3.17. The summed E-state index contributed by atoms with van der Waals surface area (Å²) in [6.45, 7) is 2.59. The summed E-state index contributed by atoms with van der Waals surface area (Å²) < 4.78 is 0. The third-order valence-corrected chi connectivity index (χ3v) is 3.56. The predicted molar refractivity (Wildman–Crippen MR) is 79.8 cm³/mol. The molecule has 0 aliphatic heterocycles. The van der Waals surface area contributed by atoms with Gasteiger partial charge < -0.3 is 10.3 Å². The Labute approximate surface area is 123 Å². The lowest BCUT2D eigenvalue weighted by Gasteiger charge is -2.06. The maximum Gasteiger partial charge on any atom is 0.220 e. The zero-order valence-corrected chi connectivity index (χ0v) is 12.2. The minimum absolute atomic E-state index is 0.0567. The van der Waals surface area contributed by atoms with Crippen LogP contribution in [-0.2, 0) is 17.6 Å². The van der Waals surface area contributed by atoms with E-state index in [-0.39, 0.29) is 5.91 Å². The largest absolute Gasteiger partial charge is 0.356 e. The van der Waals surface area contributed by atoms with Gasteiger partial charge >= 0.3 is 0 Å². The molecule has 0 atom stereocenters. The van der Waals surface area contributed by atoms with Gasteiger partial charge in [-0.25, -0.2) is 4.98 Å². The number of rotatable bonds is 6. The van der Waals surface area contributed by atoms with Crippen molar-refractivity contribution in [2.24, 2.45) is 0 Å². The number of aryl methyl sites for hydroxylation is 2. The van der Waals surface area contributed by atoms with Crippen molar-refractivity contribution in [2.75, 3.05) is 6.54 Å². The quantitative estimate of drug-likeness (QED) is 0.860. The van der Waals surface area contributed by atoms with Gasteiger partial charge in [0.05, 0.1) is 6.33 Å². The maximum atomic E-state index is 11.7. The minimum Gasteiger partial charge on any atom is -0.356 e. The first kappa shape index (κ1) is 14.6. The molecule has 0 bridgehead atoms. The first-order chi connectivity index (χ1) is 9.65. The molecule has 1 aromatic carbocycles. The zero-order chi connectivity index (χ0) is 14.4. The lowest BCUT2D eigenvalue weighted by Crippen LogP contribution is -2.25. The lowest BCUT2D eigenvalue weighted by atomic mass is 10.1. The summed E-state index contributed by atoms with van der Waals surface area (Å²) in [4.78, 5) is 18.7. The van der Waals surface area contributed by atoms with E-state index in [9.17, 15) is 4.79 Å². The molecular formula is C15H18ClN3O. The number of aromatic amines is 1. The molecule has 0 saturated heterocycles. The second kappa shape index (κ2) is 7.10. The third-order valence-electron chi connectivity index (χ3n) is 3.15. The van der Waals surface area contributed by atoms with Gasteiger partial charge in [0, 0.05) is 36.3 Å². The van der Waals surface area contributed by atoms with Gasteiger partial charge in [-0.2, -0.15) is 0 Å². The van der Waals surface area contributed by atoms with E-state index in [1.54, 1.807) is 12.5 Å². The van der Waals surface area contributed by atoms with Crippen LogP contribution in [0.25, 0.3) is 0 Å². The Hall–Kier alpha value is -1.81. The standard InChI is InChI=1S/C15H18ClN3O/c1-11-2-3-12(8-14(11)16)4-5-15(20)18-7-6-13-9-17-10-19-13/h2-3,8-10H,4-7H2,1H3,(H,17,19)(H,18,20). The van der Waals surface area contributed by atoms with Crippen molar-refractivity contribution in [1.29, 1.82) is 0 Å². The number of imidazole rings is 1. The number of aromatic nitrogens is 2. The Kier molecular flexibility index (Phi) is 5.18. The average Bonchev–Trinajstić information content (AvgIpc) is 2.93. The molecule has 0 unspecified atom stereocenters. The number of hydrogen-bond donors (Lipinski definition) is 2. The first-order valence-corrected chi connectivity index (χ1v) is 7.02. The lowest BCUT2D eigenvalue weighted by molar-refractivity contribution is -0.121. The van der Waals surface area contributed by atoms with Crippen molar-refractivity contribution in [3.8, 4) is 0 Å². The molecule has 0 fully saturated rings. The second-order valence-electron chi connectivity index (χ2n) is 4.76. The Morgan fingerprint density at radius 3 is 2.95 bits per heavy atom. The molecule has 0 radical (unpaired) electrons. The van der Waals surface area contributed by atoms with E-state index >= 15 is 0 Å². The third kappa shape index (κ3) is 4.38. The van der Waals surface area contributed by atoms with E-state index in [0.717, 1.165) is 28.3 Å². The van der Waals surface area contributed by atoms with E-state index in [1.165, 1.54) is 0 Å². The van der Waals surface area contributed by atoms with Crippen molar-refractivity contribution in [2.45, 2.75) is 26.2 Å². The van der Waals surface area contributed by atoms with Gasteiger partial charge in [0.25, 0.3) is 0 Å². The SMILES string of the molecule is Cc1ccc(CCC(=O)NCCc2cnc[nH]2)cc1Cl. The molecule has 2 N–H and O–H groups in total. The smallest absolute Gasteiger partial charge is 0.220 e. The highest BCUT2D eigenvalue weighted by Crippen LogP contribution is 2.17. The Balaban J connectivity index is 1.70. The van der Waals surface area contributed by atoms with Crippen LogP contribution in [0.4, 0.5) is 0 Å². The van der Waals surface area contributed by atoms with Crippen LogP contribution >= 0.6 is 11.6 Å². The summed E-state index contributed by atoms with van der Waals surface area (Å²) >= 11 is 6.06. The molecule has 5 heteroatoms. The minimum atomic E-state index is 0.0567. The van der Waals surface area contributed by atoms with E-state index in [4.69, 9.17) is 11.6 Å². The highest BCUT2D eigenvalue weighted by Gasteiger charge is 2.04. The van der Waals surface area contributed by atoms with Crippen molar-refractivity contribution in [3.05, 3.63) is 52.6 Å². The van der Waals surface area contributed by atoms with Gasteiger partial charge in [-0.1, -0.05) is 23.7 Å². The van der Waals surface area contributed by atoms with Gasteiger partial charge in [0.1, 0.15) is 0 Å². The first-order valence-electron chi connectivity index (χ1n) is 6.64. The summed E-state index contributed by atoms with van der Waals surface area (Å²) in [5, 5.41) is 3.65. The van der Waals surface area contributed by atoms with Gasteiger partial charge in [-0.15, -0.1) is 0 Å². The van der Waals surface area contributed by atoms with E-state index in [0.29, 0.717) is 19.4 Å². The van der Waals surface area contributed by atoms with Gasteiger partial charge in [-0.05, 0) is 30.5 Å². The van der Waals surface area contributed by atoms with Crippen molar-refractivity contribution >= 4 is 17.5 Å². The zero-order valence-electron chi connectivity index (χ0n) is 11.4. The number of benzene rings is 1. The normalized spacial score (nSPS) is 10.5. The molecule has 1 heterocycles. The number of H-pyrrole nitrogens is 1. The molecule has 1 aromatic heterocycles. The fourth-order valence-corrected chi connectivity index (χ4v) is 2.10. The molecule has 0 spiro atoms. The number of hydrogen-bond acceptors (Lipinski definition) is 2. The fraction of sp³-hybridized carbons (Fsp3) is 0.333. The van der Waals surface area contributed by atoms with E-state index < -0.39 is 0 Å². The Morgan fingerprint density at radius 1 is 1.40 bits per heavy atom. The topological polar surface area (TPSA) is 57.8 Å². The molecule has 0 aliphatic carbocycles. The molecule has 20 heavy (non-hydrogen) atoms. The summed E-state index contributed by atoms with van der Waals surface area (Å²) in [7, 11) is 0. The van der Waals surface area contributed by atoms with Crippen molar-refractivity contribution in [3.63, 3.8) is 0 Å². The van der Waals surface area contributed by atoms with Gasteiger partial charge in [0.15, 0.2) is 0 Å². The molecule has 2 rings (SSSR count). The Morgan fingerprint density at radius 2 is 2.25 bits per heavy atom. The second-order valence-corrected chi connectivity index (χ2v) is 5.17. The number of carbonyl (C=O) groups is 1. The average molecular weight is 292 g/mol. The van der Waals surface area contributed by atoms with Crippen LogP contribution < -0.4 is 5.32 Å². The maximum absolute atomic E-state index is 11.7. The monoisotopic (exact) mass is 291 g/mol. The fourth-order valence-electron chi connectivity index (χ4n) is 1.90. The molecule has 1 amide bonds. The predicted octanol–water partition coefficient (Wildman–Crippen LogP) is 2.66. The molecule has 4 nitrogen and oxygen atoms in total. The van der Waals surface area contributed by atoms with Crippen LogP contribution in [0.3, 0.4) is 0 Å².